The zero-order valence-electron chi connectivity index (χ0n) is 8.79. The Balaban J connectivity index is 1.84. The molecule has 1 aromatic heterocycles. The van der Waals surface area contributed by atoms with E-state index in [2.05, 4.69) is 40.6 Å². The van der Waals surface area contributed by atoms with Gasteiger partial charge < -0.3 is 10.3 Å². The van der Waals surface area contributed by atoms with Crippen molar-refractivity contribution in [3.8, 4) is 0 Å². The summed E-state index contributed by atoms with van der Waals surface area (Å²) in [4.78, 5) is 3.48. The third kappa shape index (κ3) is 1.77. The summed E-state index contributed by atoms with van der Waals surface area (Å²) < 4.78 is 0. The Labute approximate surface area is 89.7 Å². The molecule has 3 rings (SSSR count). The molecule has 1 atom stereocenters. The van der Waals surface area contributed by atoms with Gasteiger partial charge in [-0.15, -0.1) is 0 Å². The number of H-pyrrole nitrogens is 1. The average Bonchev–Trinajstić information content (AvgIpc) is 2.86. The van der Waals surface area contributed by atoms with Gasteiger partial charge in [0.05, 0.1) is 0 Å². The van der Waals surface area contributed by atoms with Gasteiger partial charge in [-0.2, -0.15) is 0 Å². The van der Waals surface area contributed by atoms with Crippen LogP contribution in [0.1, 0.15) is 18.5 Å². The van der Waals surface area contributed by atoms with E-state index in [4.69, 9.17) is 0 Å². The Morgan fingerprint density at radius 3 is 3.00 bits per heavy atom. The SMILES string of the molecule is c1ccc2[nH]c(C[C@H]3CCCN3)cc2c1. The molecule has 2 heteroatoms. The van der Waals surface area contributed by atoms with Gasteiger partial charge in [-0.05, 0) is 36.9 Å². The topological polar surface area (TPSA) is 27.8 Å². The molecule has 0 unspecified atom stereocenters. The lowest BCUT2D eigenvalue weighted by atomic mass is 10.1. The van der Waals surface area contributed by atoms with Crippen LogP contribution < -0.4 is 5.32 Å². The van der Waals surface area contributed by atoms with Crippen LogP contribution in [0.4, 0.5) is 0 Å². The second-order valence-electron chi connectivity index (χ2n) is 4.38. The van der Waals surface area contributed by atoms with Crippen molar-refractivity contribution in [2.75, 3.05) is 6.54 Å². The van der Waals surface area contributed by atoms with E-state index < -0.39 is 0 Å². The quantitative estimate of drug-likeness (QED) is 0.765. The third-order valence-electron chi connectivity index (χ3n) is 3.21. The maximum atomic E-state index is 3.53. The minimum atomic E-state index is 0.679. The molecule has 1 aliphatic heterocycles. The smallest absolute Gasteiger partial charge is 0.0456 e. The average molecular weight is 200 g/mol. The molecule has 1 fully saturated rings. The van der Waals surface area contributed by atoms with Crippen LogP contribution in [-0.2, 0) is 6.42 Å². The predicted octanol–water partition coefficient (Wildman–Crippen LogP) is 2.46. The zero-order valence-corrected chi connectivity index (χ0v) is 8.79. The standard InChI is InChI=1S/C13H16N2/c1-2-6-13-10(4-1)8-12(15-13)9-11-5-3-7-14-11/h1-2,4,6,8,11,14-15H,3,5,7,9H2/t11-/m1/s1. The Morgan fingerprint density at radius 1 is 1.27 bits per heavy atom. The van der Waals surface area contributed by atoms with Gasteiger partial charge in [-0.25, -0.2) is 0 Å². The van der Waals surface area contributed by atoms with Gasteiger partial charge in [0.15, 0.2) is 0 Å². The van der Waals surface area contributed by atoms with Crippen LogP contribution in [-0.4, -0.2) is 17.6 Å². The first-order chi connectivity index (χ1) is 7.42. The lowest BCUT2D eigenvalue weighted by Crippen LogP contribution is -2.23. The highest BCUT2D eigenvalue weighted by molar-refractivity contribution is 5.80. The lowest BCUT2D eigenvalue weighted by molar-refractivity contribution is 0.597. The van der Waals surface area contributed by atoms with Crippen LogP contribution in [0.5, 0.6) is 0 Å². The van der Waals surface area contributed by atoms with Crippen molar-refractivity contribution >= 4 is 10.9 Å². The molecule has 2 aromatic rings. The molecule has 0 aliphatic carbocycles. The van der Waals surface area contributed by atoms with Crippen molar-refractivity contribution in [2.45, 2.75) is 25.3 Å². The Kier molecular flexibility index (Phi) is 2.22. The fourth-order valence-electron chi connectivity index (χ4n) is 2.44. The number of para-hydroxylation sites is 1. The van der Waals surface area contributed by atoms with E-state index in [9.17, 15) is 0 Å². The summed E-state index contributed by atoms with van der Waals surface area (Å²) in [7, 11) is 0. The molecule has 0 radical (unpaired) electrons. The molecular weight excluding hydrogens is 184 g/mol. The minimum Gasteiger partial charge on any atom is -0.358 e. The first-order valence-corrected chi connectivity index (χ1v) is 5.72. The van der Waals surface area contributed by atoms with Crippen molar-refractivity contribution in [1.29, 1.82) is 0 Å². The first kappa shape index (κ1) is 8.98. The van der Waals surface area contributed by atoms with Crippen LogP contribution in [0.15, 0.2) is 30.3 Å². The molecule has 0 amide bonds. The Hall–Kier alpha value is -1.28. The van der Waals surface area contributed by atoms with Crippen LogP contribution in [0, 0.1) is 0 Å². The number of aromatic amines is 1. The second kappa shape index (κ2) is 3.70. The fraction of sp³-hybridized carbons (Fsp3) is 0.385. The largest absolute Gasteiger partial charge is 0.358 e. The molecule has 0 saturated carbocycles. The number of nitrogens with one attached hydrogen (secondary N) is 2. The number of aromatic nitrogens is 1. The molecule has 1 saturated heterocycles. The molecule has 78 valence electrons. The number of rotatable bonds is 2. The van der Waals surface area contributed by atoms with Gasteiger partial charge in [0.2, 0.25) is 0 Å². The summed E-state index contributed by atoms with van der Waals surface area (Å²) >= 11 is 0. The van der Waals surface area contributed by atoms with E-state index >= 15 is 0 Å². The van der Waals surface area contributed by atoms with E-state index in [0.29, 0.717) is 6.04 Å². The van der Waals surface area contributed by atoms with Crippen molar-refractivity contribution in [3.63, 3.8) is 0 Å². The molecule has 1 aromatic carbocycles. The number of hydrogen-bond acceptors (Lipinski definition) is 1. The van der Waals surface area contributed by atoms with Gasteiger partial charge >= 0.3 is 0 Å². The highest BCUT2D eigenvalue weighted by Gasteiger charge is 2.15. The zero-order chi connectivity index (χ0) is 10.1. The fourth-order valence-corrected chi connectivity index (χ4v) is 2.44. The second-order valence-corrected chi connectivity index (χ2v) is 4.38. The van der Waals surface area contributed by atoms with Gasteiger partial charge in [0, 0.05) is 23.7 Å². The molecule has 2 N–H and O–H groups in total. The monoisotopic (exact) mass is 200 g/mol. The summed E-state index contributed by atoms with van der Waals surface area (Å²) in [5.41, 5.74) is 2.61. The van der Waals surface area contributed by atoms with Crippen LogP contribution in [0.25, 0.3) is 10.9 Å². The maximum Gasteiger partial charge on any atom is 0.0456 e. The van der Waals surface area contributed by atoms with Crippen LogP contribution in [0.2, 0.25) is 0 Å². The van der Waals surface area contributed by atoms with Gasteiger partial charge in [-0.1, -0.05) is 18.2 Å². The van der Waals surface area contributed by atoms with E-state index in [0.717, 1.165) is 6.42 Å². The third-order valence-corrected chi connectivity index (χ3v) is 3.21. The molecule has 2 nitrogen and oxygen atoms in total. The minimum absolute atomic E-state index is 0.679. The molecule has 0 bridgehead atoms. The number of hydrogen-bond donors (Lipinski definition) is 2. The molecule has 0 spiro atoms. The summed E-state index contributed by atoms with van der Waals surface area (Å²) in [6.45, 7) is 1.19. The number of benzene rings is 1. The lowest BCUT2D eigenvalue weighted by Gasteiger charge is -2.07. The van der Waals surface area contributed by atoms with Gasteiger partial charge in [-0.3, -0.25) is 0 Å². The molecular formula is C13H16N2. The molecule has 2 heterocycles. The van der Waals surface area contributed by atoms with Gasteiger partial charge in [0.25, 0.3) is 0 Å². The molecule has 15 heavy (non-hydrogen) atoms. The normalized spacial score (nSPS) is 21.2. The van der Waals surface area contributed by atoms with Gasteiger partial charge in [0.1, 0.15) is 0 Å². The first-order valence-electron chi connectivity index (χ1n) is 5.72. The highest BCUT2D eigenvalue weighted by Crippen LogP contribution is 2.17. The van der Waals surface area contributed by atoms with Crippen molar-refractivity contribution in [1.82, 2.24) is 10.3 Å². The maximum absolute atomic E-state index is 3.53. The summed E-state index contributed by atoms with van der Waals surface area (Å²) in [6, 6.07) is 11.4. The number of fused-ring (bicyclic) bond motifs is 1. The van der Waals surface area contributed by atoms with Crippen LogP contribution in [0.3, 0.4) is 0 Å². The van der Waals surface area contributed by atoms with E-state index in [-0.39, 0.29) is 0 Å². The Bertz CT molecular complexity index is 419. The summed E-state index contributed by atoms with van der Waals surface area (Å²) in [5.74, 6) is 0. The molecule has 1 aliphatic rings. The van der Waals surface area contributed by atoms with E-state index in [1.54, 1.807) is 0 Å². The van der Waals surface area contributed by atoms with Crippen molar-refractivity contribution in [3.05, 3.63) is 36.0 Å². The van der Waals surface area contributed by atoms with E-state index in [1.807, 2.05) is 0 Å². The van der Waals surface area contributed by atoms with Crippen LogP contribution >= 0.6 is 0 Å². The Morgan fingerprint density at radius 2 is 2.20 bits per heavy atom. The van der Waals surface area contributed by atoms with E-state index in [1.165, 1.54) is 36.0 Å². The van der Waals surface area contributed by atoms with Crippen molar-refractivity contribution in [2.24, 2.45) is 0 Å². The highest BCUT2D eigenvalue weighted by atomic mass is 14.9. The van der Waals surface area contributed by atoms with Crippen molar-refractivity contribution < 1.29 is 0 Å². The summed E-state index contributed by atoms with van der Waals surface area (Å²) in [6.07, 6.45) is 3.77. The summed E-state index contributed by atoms with van der Waals surface area (Å²) in [5, 5.41) is 4.85. The predicted molar refractivity (Wildman–Crippen MR) is 63.0 cm³/mol.